The number of terminal acetylenes is 1. The smallest absolute Gasteiger partial charge is 0.327 e. The summed E-state index contributed by atoms with van der Waals surface area (Å²) in [5.74, 6) is 1.13. The first-order chi connectivity index (χ1) is 7.01. The summed E-state index contributed by atoms with van der Waals surface area (Å²) in [5.41, 5.74) is 0. The van der Waals surface area contributed by atoms with Crippen molar-refractivity contribution in [2.75, 3.05) is 0 Å². The molecule has 4 heteroatoms. The van der Waals surface area contributed by atoms with Gasteiger partial charge in [0.05, 0.1) is 0 Å². The van der Waals surface area contributed by atoms with Gasteiger partial charge in [0.2, 0.25) is 5.91 Å². The van der Waals surface area contributed by atoms with E-state index in [-0.39, 0.29) is 18.2 Å². The largest absolute Gasteiger partial charge is 0.480 e. The lowest BCUT2D eigenvalue weighted by molar-refractivity contribution is -0.141. The molecule has 0 heterocycles. The van der Waals surface area contributed by atoms with Crippen molar-refractivity contribution in [3.63, 3.8) is 0 Å². The van der Waals surface area contributed by atoms with E-state index < -0.39 is 12.0 Å². The van der Waals surface area contributed by atoms with E-state index in [4.69, 9.17) is 11.5 Å². The van der Waals surface area contributed by atoms with E-state index >= 15 is 0 Å². The number of rotatable bonds is 6. The van der Waals surface area contributed by atoms with Crippen LogP contribution in [0.2, 0.25) is 0 Å². The van der Waals surface area contributed by atoms with E-state index in [0.717, 1.165) is 6.42 Å². The Morgan fingerprint density at radius 3 is 2.53 bits per heavy atom. The molecule has 1 amide bonds. The van der Waals surface area contributed by atoms with Gasteiger partial charge in [-0.25, -0.2) is 4.79 Å². The molecule has 2 atom stereocenters. The molecule has 2 N–H and O–H groups in total. The molecule has 0 fully saturated rings. The summed E-state index contributed by atoms with van der Waals surface area (Å²) >= 11 is 0. The zero-order valence-corrected chi connectivity index (χ0v) is 9.12. The highest BCUT2D eigenvalue weighted by Gasteiger charge is 2.19. The summed E-state index contributed by atoms with van der Waals surface area (Å²) in [4.78, 5) is 22.0. The van der Waals surface area contributed by atoms with Gasteiger partial charge in [-0.1, -0.05) is 20.3 Å². The molecule has 0 saturated heterocycles. The average Bonchev–Trinajstić information content (AvgIpc) is 2.16. The Hall–Kier alpha value is -1.50. The molecule has 15 heavy (non-hydrogen) atoms. The first-order valence-corrected chi connectivity index (χ1v) is 4.96. The molecule has 0 aliphatic heterocycles. The van der Waals surface area contributed by atoms with E-state index in [1.165, 1.54) is 0 Å². The van der Waals surface area contributed by atoms with Crippen LogP contribution < -0.4 is 5.32 Å². The van der Waals surface area contributed by atoms with Gasteiger partial charge in [-0.3, -0.25) is 4.79 Å². The van der Waals surface area contributed by atoms with E-state index in [1.807, 2.05) is 13.8 Å². The summed E-state index contributed by atoms with van der Waals surface area (Å²) in [6.45, 7) is 3.92. The maximum Gasteiger partial charge on any atom is 0.327 e. The van der Waals surface area contributed by atoms with Crippen LogP contribution in [0.5, 0.6) is 0 Å². The van der Waals surface area contributed by atoms with Crippen molar-refractivity contribution >= 4 is 11.9 Å². The Morgan fingerprint density at radius 1 is 1.53 bits per heavy atom. The molecule has 0 spiro atoms. The molecule has 0 aromatic heterocycles. The lowest BCUT2D eigenvalue weighted by atomic mass is 10.0. The van der Waals surface area contributed by atoms with Crippen molar-refractivity contribution < 1.29 is 14.7 Å². The normalized spacial score (nSPS) is 13.7. The number of hydrogen-bond donors (Lipinski definition) is 2. The molecule has 0 saturated carbocycles. The standard InChI is InChI=1S/C11H17NO3/c1-4-6-9(11(14)15)12-10(13)7-8(3)5-2/h1,8-9H,5-7H2,2-3H3,(H,12,13)(H,14,15). The minimum Gasteiger partial charge on any atom is -0.480 e. The van der Waals surface area contributed by atoms with Crippen LogP contribution in [-0.2, 0) is 9.59 Å². The third-order valence-electron chi connectivity index (χ3n) is 2.19. The van der Waals surface area contributed by atoms with Crippen LogP contribution in [0.15, 0.2) is 0 Å². The molecular weight excluding hydrogens is 194 g/mol. The van der Waals surface area contributed by atoms with Gasteiger partial charge in [-0.05, 0) is 5.92 Å². The predicted molar refractivity (Wildman–Crippen MR) is 57.1 cm³/mol. The van der Waals surface area contributed by atoms with Gasteiger partial charge in [-0.15, -0.1) is 12.3 Å². The second-order valence-electron chi connectivity index (χ2n) is 3.58. The fourth-order valence-corrected chi connectivity index (χ4v) is 1.03. The van der Waals surface area contributed by atoms with Gasteiger partial charge < -0.3 is 10.4 Å². The van der Waals surface area contributed by atoms with Gasteiger partial charge in [0.15, 0.2) is 0 Å². The minimum atomic E-state index is -1.09. The van der Waals surface area contributed by atoms with Crippen LogP contribution in [0.25, 0.3) is 0 Å². The van der Waals surface area contributed by atoms with E-state index in [2.05, 4.69) is 11.2 Å². The average molecular weight is 211 g/mol. The van der Waals surface area contributed by atoms with Crippen LogP contribution in [-0.4, -0.2) is 23.0 Å². The molecule has 0 aliphatic carbocycles. The summed E-state index contributed by atoms with van der Waals surface area (Å²) in [6.07, 6.45) is 6.25. The van der Waals surface area contributed by atoms with Crippen molar-refractivity contribution in [1.29, 1.82) is 0 Å². The zero-order valence-electron chi connectivity index (χ0n) is 9.12. The molecule has 0 bridgehead atoms. The van der Waals surface area contributed by atoms with Gasteiger partial charge in [0.25, 0.3) is 0 Å². The van der Waals surface area contributed by atoms with E-state index in [1.54, 1.807) is 0 Å². The molecule has 2 unspecified atom stereocenters. The Balaban J connectivity index is 4.12. The van der Waals surface area contributed by atoms with Crippen molar-refractivity contribution in [3.05, 3.63) is 0 Å². The molecule has 4 nitrogen and oxygen atoms in total. The fourth-order valence-electron chi connectivity index (χ4n) is 1.03. The highest BCUT2D eigenvalue weighted by Crippen LogP contribution is 2.06. The number of hydrogen-bond acceptors (Lipinski definition) is 2. The molecule has 0 aromatic carbocycles. The van der Waals surface area contributed by atoms with Crippen molar-refractivity contribution in [2.24, 2.45) is 5.92 Å². The highest BCUT2D eigenvalue weighted by molar-refractivity contribution is 5.83. The topological polar surface area (TPSA) is 66.4 Å². The summed E-state index contributed by atoms with van der Waals surface area (Å²) in [7, 11) is 0. The Morgan fingerprint density at radius 2 is 2.13 bits per heavy atom. The van der Waals surface area contributed by atoms with Crippen LogP contribution in [0, 0.1) is 18.3 Å². The first-order valence-electron chi connectivity index (χ1n) is 4.96. The zero-order chi connectivity index (χ0) is 11.8. The molecule has 84 valence electrons. The molecule has 0 aliphatic rings. The van der Waals surface area contributed by atoms with Crippen molar-refractivity contribution in [2.45, 2.75) is 39.2 Å². The fraction of sp³-hybridized carbons (Fsp3) is 0.636. The number of carbonyl (C=O) groups is 2. The lowest BCUT2D eigenvalue weighted by Gasteiger charge is -2.13. The van der Waals surface area contributed by atoms with E-state index in [9.17, 15) is 9.59 Å². The maximum atomic E-state index is 11.4. The monoisotopic (exact) mass is 211 g/mol. The van der Waals surface area contributed by atoms with Gasteiger partial charge in [-0.2, -0.15) is 0 Å². The quantitative estimate of drug-likeness (QED) is 0.644. The number of carboxylic acids is 1. The van der Waals surface area contributed by atoms with Crippen LogP contribution in [0.1, 0.15) is 33.1 Å². The second kappa shape index (κ2) is 6.88. The minimum absolute atomic E-state index is 0.0155. The van der Waals surface area contributed by atoms with Gasteiger partial charge in [0, 0.05) is 12.8 Å². The number of carbonyl (C=O) groups excluding carboxylic acids is 1. The summed E-state index contributed by atoms with van der Waals surface area (Å²) in [6, 6.07) is -0.966. The van der Waals surface area contributed by atoms with Gasteiger partial charge in [0.1, 0.15) is 6.04 Å². The van der Waals surface area contributed by atoms with Gasteiger partial charge >= 0.3 is 5.97 Å². The Labute approximate surface area is 90.1 Å². The first kappa shape index (κ1) is 13.5. The van der Waals surface area contributed by atoms with Crippen LogP contribution in [0.4, 0.5) is 0 Å². The highest BCUT2D eigenvalue weighted by atomic mass is 16.4. The molecule has 0 radical (unpaired) electrons. The maximum absolute atomic E-state index is 11.4. The van der Waals surface area contributed by atoms with Crippen molar-refractivity contribution in [1.82, 2.24) is 5.32 Å². The van der Waals surface area contributed by atoms with E-state index in [0.29, 0.717) is 6.42 Å². The SMILES string of the molecule is C#CCC(NC(=O)CC(C)CC)C(=O)O. The number of nitrogens with one attached hydrogen (secondary N) is 1. The molecule has 0 aromatic rings. The third kappa shape index (κ3) is 5.74. The second-order valence-corrected chi connectivity index (χ2v) is 3.58. The number of aliphatic carboxylic acids is 1. The molecular formula is C11H17NO3. The predicted octanol–water partition coefficient (Wildman–Crippen LogP) is 1.02. The molecule has 0 rings (SSSR count). The number of amides is 1. The lowest BCUT2D eigenvalue weighted by Crippen LogP contribution is -2.40. The Kier molecular flexibility index (Phi) is 6.19. The third-order valence-corrected chi connectivity index (χ3v) is 2.19. The van der Waals surface area contributed by atoms with Crippen LogP contribution in [0.3, 0.4) is 0 Å². The summed E-state index contributed by atoms with van der Waals surface area (Å²) in [5, 5.41) is 11.1. The van der Waals surface area contributed by atoms with Crippen LogP contribution >= 0.6 is 0 Å². The summed E-state index contributed by atoms with van der Waals surface area (Å²) < 4.78 is 0. The Bertz CT molecular complexity index is 267. The van der Waals surface area contributed by atoms with Crippen molar-refractivity contribution in [3.8, 4) is 12.3 Å². The number of carboxylic acid groups (broad SMARTS) is 1.